The number of halogens is 1. The maximum atomic E-state index is 13.6. The van der Waals surface area contributed by atoms with Crippen molar-refractivity contribution in [1.29, 1.82) is 0 Å². The fourth-order valence-corrected chi connectivity index (χ4v) is 5.84. The highest BCUT2D eigenvalue weighted by Gasteiger charge is 2.29. The number of amides is 1. The number of carbonyl (C=O) groups is 1. The monoisotopic (exact) mass is 436 g/mol. The quantitative estimate of drug-likeness (QED) is 0.643. The molecule has 2 aromatic carbocycles. The van der Waals surface area contributed by atoms with Crippen LogP contribution in [0.4, 0.5) is 4.39 Å². The van der Waals surface area contributed by atoms with Gasteiger partial charge >= 0.3 is 0 Å². The van der Waals surface area contributed by atoms with E-state index in [9.17, 15) is 17.6 Å². The summed E-state index contributed by atoms with van der Waals surface area (Å²) in [5.74, 6) is 0.626. The zero-order chi connectivity index (χ0) is 20.9. The molecule has 2 aromatic rings. The van der Waals surface area contributed by atoms with E-state index in [-0.39, 0.29) is 16.6 Å². The van der Waals surface area contributed by atoms with Gasteiger partial charge in [0.1, 0.15) is 5.82 Å². The summed E-state index contributed by atoms with van der Waals surface area (Å²) in [6.45, 7) is 3.21. The van der Waals surface area contributed by atoms with Crippen LogP contribution >= 0.6 is 11.8 Å². The Morgan fingerprint density at radius 2 is 1.90 bits per heavy atom. The van der Waals surface area contributed by atoms with Crippen LogP contribution in [0.3, 0.4) is 0 Å². The SMILES string of the molecule is Cc1ccc(C(=O)NCCSCc2ccccc2F)cc1S(=O)(=O)N1CCCC1. The van der Waals surface area contributed by atoms with Crippen molar-refractivity contribution < 1.29 is 17.6 Å². The number of rotatable bonds is 8. The van der Waals surface area contributed by atoms with Gasteiger partial charge in [-0.25, -0.2) is 12.8 Å². The summed E-state index contributed by atoms with van der Waals surface area (Å²) in [5.41, 5.74) is 1.60. The second-order valence-corrected chi connectivity index (χ2v) is 10.0. The van der Waals surface area contributed by atoms with Gasteiger partial charge in [-0.15, -0.1) is 0 Å². The van der Waals surface area contributed by atoms with E-state index in [4.69, 9.17) is 0 Å². The van der Waals surface area contributed by atoms with E-state index in [2.05, 4.69) is 5.32 Å². The molecule has 3 rings (SSSR count). The molecule has 1 amide bonds. The minimum atomic E-state index is -3.58. The summed E-state index contributed by atoms with van der Waals surface area (Å²) < 4.78 is 40.8. The molecular formula is C21H25FN2O3S2. The molecule has 1 aliphatic rings. The van der Waals surface area contributed by atoms with Gasteiger partial charge in [-0.3, -0.25) is 4.79 Å². The van der Waals surface area contributed by atoms with Crippen molar-refractivity contribution in [3.05, 3.63) is 65.0 Å². The average molecular weight is 437 g/mol. The minimum absolute atomic E-state index is 0.195. The number of nitrogens with one attached hydrogen (secondary N) is 1. The van der Waals surface area contributed by atoms with Crippen molar-refractivity contribution in [2.24, 2.45) is 0 Å². The highest BCUT2D eigenvalue weighted by Crippen LogP contribution is 2.24. The molecule has 29 heavy (non-hydrogen) atoms. The molecule has 0 aromatic heterocycles. The first-order valence-corrected chi connectivity index (χ1v) is 12.2. The fraction of sp³-hybridized carbons (Fsp3) is 0.381. The lowest BCUT2D eigenvalue weighted by atomic mass is 10.1. The first-order valence-electron chi connectivity index (χ1n) is 9.60. The van der Waals surface area contributed by atoms with E-state index >= 15 is 0 Å². The molecule has 8 heteroatoms. The topological polar surface area (TPSA) is 66.5 Å². The number of carbonyl (C=O) groups excluding carboxylic acids is 1. The van der Waals surface area contributed by atoms with E-state index < -0.39 is 10.0 Å². The highest BCUT2D eigenvalue weighted by molar-refractivity contribution is 7.98. The van der Waals surface area contributed by atoms with Crippen LogP contribution in [0, 0.1) is 12.7 Å². The highest BCUT2D eigenvalue weighted by atomic mass is 32.2. The summed E-state index contributed by atoms with van der Waals surface area (Å²) in [6.07, 6.45) is 1.73. The Kier molecular flexibility index (Phi) is 7.32. The van der Waals surface area contributed by atoms with Crippen molar-refractivity contribution in [3.8, 4) is 0 Å². The van der Waals surface area contributed by atoms with Crippen LogP contribution in [0.2, 0.25) is 0 Å². The van der Waals surface area contributed by atoms with Gasteiger partial charge < -0.3 is 5.32 Å². The van der Waals surface area contributed by atoms with Gasteiger partial charge in [0.2, 0.25) is 10.0 Å². The molecule has 1 saturated heterocycles. The largest absolute Gasteiger partial charge is 0.351 e. The second kappa shape index (κ2) is 9.73. The molecule has 0 spiro atoms. The van der Waals surface area contributed by atoms with Gasteiger partial charge in [0.25, 0.3) is 5.91 Å². The van der Waals surface area contributed by atoms with E-state index in [0.29, 0.717) is 47.8 Å². The lowest BCUT2D eigenvalue weighted by Crippen LogP contribution is -2.29. The normalized spacial score (nSPS) is 14.8. The van der Waals surface area contributed by atoms with E-state index in [1.165, 1.54) is 28.2 Å². The van der Waals surface area contributed by atoms with Gasteiger partial charge in [0.05, 0.1) is 4.90 Å². The molecule has 0 atom stereocenters. The summed E-state index contributed by atoms with van der Waals surface area (Å²) in [6, 6.07) is 11.4. The molecule has 0 aliphatic carbocycles. The van der Waals surface area contributed by atoms with Gasteiger partial charge in [0.15, 0.2) is 0 Å². The lowest BCUT2D eigenvalue weighted by molar-refractivity contribution is 0.0956. The van der Waals surface area contributed by atoms with Crippen LogP contribution in [-0.4, -0.2) is 44.0 Å². The number of nitrogens with zero attached hydrogens (tertiary/aromatic N) is 1. The van der Waals surface area contributed by atoms with Crippen molar-refractivity contribution in [2.75, 3.05) is 25.4 Å². The molecule has 0 radical (unpaired) electrons. The third-order valence-electron chi connectivity index (χ3n) is 4.88. The molecule has 156 valence electrons. The summed E-state index contributed by atoms with van der Waals surface area (Å²) >= 11 is 1.53. The molecule has 0 unspecified atom stereocenters. The number of benzene rings is 2. The Morgan fingerprint density at radius 3 is 2.62 bits per heavy atom. The Labute approximate surface area is 175 Å². The van der Waals surface area contributed by atoms with Crippen molar-refractivity contribution >= 4 is 27.7 Å². The Morgan fingerprint density at radius 1 is 1.17 bits per heavy atom. The number of aryl methyl sites for hydroxylation is 1. The van der Waals surface area contributed by atoms with Crippen LogP contribution in [0.1, 0.15) is 34.3 Å². The van der Waals surface area contributed by atoms with Crippen LogP contribution in [0.25, 0.3) is 0 Å². The third-order valence-corrected chi connectivity index (χ3v) is 7.93. The fourth-order valence-electron chi connectivity index (χ4n) is 3.22. The van der Waals surface area contributed by atoms with Gasteiger partial charge in [-0.2, -0.15) is 16.1 Å². The Balaban J connectivity index is 1.56. The van der Waals surface area contributed by atoms with Gasteiger partial charge in [0, 0.05) is 36.7 Å². The maximum Gasteiger partial charge on any atom is 0.251 e. The van der Waals surface area contributed by atoms with Gasteiger partial charge in [-0.05, 0) is 49.1 Å². The van der Waals surface area contributed by atoms with E-state index in [1.54, 1.807) is 37.3 Å². The predicted octanol–water partition coefficient (Wildman–Crippen LogP) is 3.58. The van der Waals surface area contributed by atoms with Crippen molar-refractivity contribution in [2.45, 2.75) is 30.4 Å². The van der Waals surface area contributed by atoms with Crippen LogP contribution < -0.4 is 5.32 Å². The summed E-state index contributed by atoms with van der Waals surface area (Å²) in [7, 11) is -3.58. The zero-order valence-corrected chi connectivity index (χ0v) is 18.0. The smallest absolute Gasteiger partial charge is 0.251 e. The molecule has 1 fully saturated rings. The second-order valence-electron chi connectivity index (χ2n) is 6.99. The van der Waals surface area contributed by atoms with Crippen LogP contribution in [0.5, 0.6) is 0 Å². The van der Waals surface area contributed by atoms with Gasteiger partial charge in [-0.1, -0.05) is 24.3 Å². The average Bonchev–Trinajstić information content (AvgIpc) is 3.25. The number of thioether (sulfide) groups is 1. The van der Waals surface area contributed by atoms with Crippen molar-refractivity contribution in [1.82, 2.24) is 9.62 Å². The Hall–Kier alpha value is -1.90. The number of hydrogen-bond donors (Lipinski definition) is 1. The lowest BCUT2D eigenvalue weighted by Gasteiger charge is -2.17. The number of hydrogen-bond acceptors (Lipinski definition) is 4. The first-order chi connectivity index (χ1) is 13.9. The molecule has 1 heterocycles. The predicted molar refractivity (Wildman–Crippen MR) is 114 cm³/mol. The minimum Gasteiger partial charge on any atom is -0.351 e. The molecule has 5 nitrogen and oxygen atoms in total. The molecule has 1 aliphatic heterocycles. The van der Waals surface area contributed by atoms with Crippen molar-refractivity contribution in [3.63, 3.8) is 0 Å². The van der Waals surface area contributed by atoms with Crippen LogP contribution in [0.15, 0.2) is 47.4 Å². The standard InChI is InChI=1S/C21H25FN2O3S2/c1-16-8-9-17(14-20(16)29(26,27)24-11-4-5-12-24)21(25)23-10-13-28-15-18-6-2-3-7-19(18)22/h2-3,6-9,14H,4-5,10-13,15H2,1H3,(H,23,25). The Bertz CT molecular complexity index is 974. The summed E-state index contributed by atoms with van der Waals surface area (Å²) in [5, 5.41) is 2.81. The molecule has 0 saturated carbocycles. The number of sulfonamides is 1. The molecule has 0 bridgehead atoms. The maximum absolute atomic E-state index is 13.6. The van der Waals surface area contributed by atoms with E-state index in [0.717, 1.165) is 12.8 Å². The van der Waals surface area contributed by atoms with Crippen LogP contribution in [-0.2, 0) is 15.8 Å². The first kappa shape index (κ1) is 21.8. The van der Waals surface area contributed by atoms with E-state index in [1.807, 2.05) is 0 Å². The molecular weight excluding hydrogens is 411 g/mol. The summed E-state index contributed by atoms with van der Waals surface area (Å²) in [4.78, 5) is 12.7. The zero-order valence-electron chi connectivity index (χ0n) is 16.4. The molecule has 1 N–H and O–H groups in total. The third kappa shape index (κ3) is 5.38.